The predicted octanol–water partition coefficient (Wildman–Crippen LogP) is 2.02. The smallest absolute Gasteiger partial charge is 0.138 e. The van der Waals surface area contributed by atoms with Crippen LogP contribution in [0.4, 0.5) is 11.6 Å². The molecule has 0 saturated carbocycles. The molecule has 0 aliphatic carbocycles. The van der Waals surface area contributed by atoms with E-state index >= 15 is 0 Å². The van der Waals surface area contributed by atoms with Gasteiger partial charge >= 0.3 is 0 Å². The molecule has 19 heavy (non-hydrogen) atoms. The van der Waals surface area contributed by atoms with Crippen molar-refractivity contribution in [2.24, 2.45) is 0 Å². The average molecular weight is 266 g/mol. The van der Waals surface area contributed by atoms with E-state index in [0.717, 1.165) is 30.4 Å². The number of aromatic nitrogens is 2. The molecule has 2 N–H and O–H groups in total. The topological polar surface area (TPSA) is 61.3 Å². The molecule has 1 atom stereocenters. The summed E-state index contributed by atoms with van der Waals surface area (Å²) in [7, 11) is 3.84. The Morgan fingerprint density at radius 3 is 2.47 bits per heavy atom. The van der Waals surface area contributed by atoms with Crippen molar-refractivity contribution in [3.05, 3.63) is 11.9 Å². The van der Waals surface area contributed by atoms with Crippen LogP contribution in [-0.2, 0) is 5.41 Å². The van der Waals surface area contributed by atoms with Crippen LogP contribution in [-0.4, -0.2) is 41.8 Å². The third kappa shape index (κ3) is 4.67. The summed E-state index contributed by atoms with van der Waals surface area (Å²) in [5, 5.41) is 12.4. The van der Waals surface area contributed by atoms with E-state index < -0.39 is 0 Å². The molecule has 0 aliphatic heterocycles. The zero-order valence-electron chi connectivity index (χ0n) is 12.9. The number of rotatable bonds is 5. The second-order valence-electron chi connectivity index (χ2n) is 5.99. The van der Waals surface area contributed by atoms with E-state index in [0.29, 0.717) is 0 Å². The Labute approximate surface area is 116 Å². The number of nitrogens with one attached hydrogen (secondary N) is 1. The number of aliphatic hydroxyl groups excluding tert-OH is 1. The van der Waals surface area contributed by atoms with Gasteiger partial charge < -0.3 is 15.3 Å². The maximum Gasteiger partial charge on any atom is 0.138 e. The van der Waals surface area contributed by atoms with E-state index in [1.165, 1.54) is 0 Å². The SMILES string of the molecule is CNc1cc(N(C)CCC(C)O)nc(C(C)(C)C)n1. The van der Waals surface area contributed by atoms with E-state index in [2.05, 4.69) is 36.1 Å². The van der Waals surface area contributed by atoms with Crippen LogP contribution >= 0.6 is 0 Å². The van der Waals surface area contributed by atoms with Crippen molar-refractivity contribution in [2.45, 2.75) is 45.6 Å². The summed E-state index contributed by atoms with van der Waals surface area (Å²) in [6.45, 7) is 8.86. The van der Waals surface area contributed by atoms with Gasteiger partial charge in [-0.05, 0) is 13.3 Å². The highest BCUT2D eigenvalue weighted by Gasteiger charge is 2.20. The van der Waals surface area contributed by atoms with E-state index in [-0.39, 0.29) is 11.5 Å². The molecule has 1 rings (SSSR count). The lowest BCUT2D eigenvalue weighted by atomic mass is 9.96. The molecule has 0 aromatic carbocycles. The molecule has 0 radical (unpaired) electrons. The van der Waals surface area contributed by atoms with Crippen molar-refractivity contribution in [2.75, 3.05) is 30.9 Å². The highest BCUT2D eigenvalue weighted by Crippen LogP contribution is 2.23. The molecule has 1 aromatic heterocycles. The fraction of sp³-hybridized carbons (Fsp3) is 0.714. The lowest BCUT2D eigenvalue weighted by Crippen LogP contribution is -2.25. The van der Waals surface area contributed by atoms with Crippen molar-refractivity contribution in [3.8, 4) is 0 Å². The van der Waals surface area contributed by atoms with Gasteiger partial charge in [0.25, 0.3) is 0 Å². The van der Waals surface area contributed by atoms with Crippen LogP contribution in [0.1, 0.15) is 39.9 Å². The van der Waals surface area contributed by atoms with Gasteiger partial charge in [-0.25, -0.2) is 9.97 Å². The van der Waals surface area contributed by atoms with Gasteiger partial charge in [0.2, 0.25) is 0 Å². The zero-order valence-corrected chi connectivity index (χ0v) is 12.9. The quantitative estimate of drug-likeness (QED) is 0.854. The normalized spacial score (nSPS) is 13.2. The highest BCUT2D eigenvalue weighted by atomic mass is 16.3. The maximum absolute atomic E-state index is 9.36. The van der Waals surface area contributed by atoms with E-state index in [9.17, 15) is 5.11 Å². The van der Waals surface area contributed by atoms with Crippen LogP contribution < -0.4 is 10.2 Å². The molecule has 0 amide bonds. The predicted molar refractivity (Wildman–Crippen MR) is 79.8 cm³/mol. The van der Waals surface area contributed by atoms with Gasteiger partial charge in [-0.3, -0.25) is 0 Å². The van der Waals surface area contributed by atoms with Crippen molar-refractivity contribution in [1.29, 1.82) is 0 Å². The second-order valence-corrected chi connectivity index (χ2v) is 5.99. The van der Waals surface area contributed by atoms with Gasteiger partial charge in [0.05, 0.1) is 6.10 Å². The molecular formula is C14H26N4O. The van der Waals surface area contributed by atoms with Crippen LogP contribution in [0.3, 0.4) is 0 Å². The van der Waals surface area contributed by atoms with Crippen LogP contribution in [0.5, 0.6) is 0 Å². The van der Waals surface area contributed by atoms with E-state index in [4.69, 9.17) is 0 Å². The minimum absolute atomic E-state index is 0.0906. The van der Waals surface area contributed by atoms with Crippen LogP contribution in [0.2, 0.25) is 0 Å². The summed E-state index contributed by atoms with van der Waals surface area (Å²) >= 11 is 0. The van der Waals surface area contributed by atoms with E-state index in [1.54, 1.807) is 6.92 Å². The lowest BCUT2D eigenvalue weighted by molar-refractivity contribution is 0.187. The van der Waals surface area contributed by atoms with Gasteiger partial charge in [-0.2, -0.15) is 0 Å². The Kier molecular flexibility index (Phi) is 5.11. The second kappa shape index (κ2) is 6.19. The summed E-state index contributed by atoms with van der Waals surface area (Å²) in [4.78, 5) is 11.2. The van der Waals surface area contributed by atoms with Gasteiger partial charge in [0.1, 0.15) is 17.5 Å². The monoisotopic (exact) mass is 266 g/mol. The minimum atomic E-state index is -0.296. The Morgan fingerprint density at radius 2 is 2.00 bits per heavy atom. The van der Waals surface area contributed by atoms with Crippen molar-refractivity contribution in [3.63, 3.8) is 0 Å². The summed E-state index contributed by atoms with van der Waals surface area (Å²) in [6, 6.07) is 1.93. The van der Waals surface area contributed by atoms with Crippen molar-refractivity contribution >= 4 is 11.6 Å². The molecule has 108 valence electrons. The fourth-order valence-electron chi connectivity index (χ4n) is 1.59. The average Bonchev–Trinajstić information content (AvgIpc) is 2.34. The number of hydrogen-bond donors (Lipinski definition) is 2. The van der Waals surface area contributed by atoms with Gasteiger partial charge in [-0.15, -0.1) is 0 Å². The minimum Gasteiger partial charge on any atom is -0.393 e. The Morgan fingerprint density at radius 1 is 1.37 bits per heavy atom. The van der Waals surface area contributed by atoms with Crippen LogP contribution in [0, 0.1) is 0 Å². The van der Waals surface area contributed by atoms with Crippen molar-refractivity contribution < 1.29 is 5.11 Å². The largest absolute Gasteiger partial charge is 0.393 e. The number of aliphatic hydroxyl groups is 1. The Balaban J connectivity index is 2.99. The summed E-state index contributed by atoms with van der Waals surface area (Å²) in [5.74, 6) is 2.52. The molecule has 1 unspecified atom stereocenters. The fourth-order valence-corrected chi connectivity index (χ4v) is 1.59. The molecule has 0 spiro atoms. The first kappa shape index (κ1) is 15.7. The van der Waals surface area contributed by atoms with Crippen LogP contribution in [0.15, 0.2) is 6.07 Å². The number of nitrogens with zero attached hydrogens (tertiary/aromatic N) is 3. The summed E-state index contributed by atoms with van der Waals surface area (Å²) in [6.07, 6.45) is 0.426. The van der Waals surface area contributed by atoms with Gasteiger partial charge in [0, 0.05) is 32.1 Å². The Bertz CT molecular complexity index is 412. The van der Waals surface area contributed by atoms with Gasteiger partial charge in [-0.1, -0.05) is 20.8 Å². The first-order valence-electron chi connectivity index (χ1n) is 6.70. The first-order valence-corrected chi connectivity index (χ1v) is 6.70. The third-order valence-corrected chi connectivity index (χ3v) is 2.91. The Hall–Kier alpha value is -1.36. The standard InChI is InChI=1S/C14H26N4O/c1-10(19)7-8-18(6)12-9-11(15-5)16-13(17-12)14(2,3)4/h9-10,19H,7-8H2,1-6H3,(H,15,16,17). The van der Waals surface area contributed by atoms with Crippen LogP contribution in [0.25, 0.3) is 0 Å². The molecule has 0 fully saturated rings. The molecular weight excluding hydrogens is 240 g/mol. The molecule has 0 aliphatic rings. The maximum atomic E-state index is 9.36. The molecule has 0 bridgehead atoms. The molecule has 1 aromatic rings. The molecule has 1 heterocycles. The lowest BCUT2D eigenvalue weighted by Gasteiger charge is -2.23. The van der Waals surface area contributed by atoms with Gasteiger partial charge in [0.15, 0.2) is 0 Å². The summed E-state index contributed by atoms with van der Waals surface area (Å²) in [5.41, 5.74) is -0.0906. The molecule has 5 nitrogen and oxygen atoms in total. The van der Waals surface area contributed by atoms with E-state index in [1.807, 2.05) is 25.1 Å². The summed E-state index contributed by atoms with van der Waals surface area (Å²) < 4.78 is 0. The third-order valence-electron chi connectivity index (χ3n) is 2.91. The molecule has 5 heteroatoms. The number of hydrogen-bond acceptors (Lipinski definition) is 5. The first-order chi connectivity index (χ1) is 8.74. The van der Waals surface area contributed by atoms with Crippen molar-refractivity contribution in [1.82, 2.24) is 9.97 Å². The number of anilines is 2. The highest BCUT2D eigenvalue weighted by molar-refractivity contribution is 5.49. The zero-order chi connectivity index (χ0) is 14.6. The molecule has 0 saturated heterocycles.